The average Bonchev–Trinajstić information content (AvgIpc) is 2.62. The van der Waals surface area contributed by atoms with Gasteiger partial charge in [0.1, 0.15) is 0 Å². The van der Waals surface area contributed by atoms with Crippen LogP contribution in [0.1, 0.15) is 65.2 Å². The minimum Gasteiger partial charge on any atom is -0.271 e. The van der Waals surface area contributed by atoms with Gasteiger partial charge in [0.2, 0.25) is 0 Å². The van der Waals surface area contributed by atoms with Crippen LogP contribution in [0.3, 0.4) is 0 Å². The second-order valence-corrected chi connectivity index (χ2v) is 9.67. The third-order valence-electron chi connectivity index (χ3n) is 6.39. The molecule has 0 aromatic rings. The van der Waals surface area contributed by atoms with Crippen molar-refractivity contribution in [2.45, 2.75) is 70.0 Å². The van der Waals surface area contributed by atoms with E-state index in [9.17, 15) is 4.79 Å². The number of carbonyl (C=O) groups is 1. The van der Waals surface area contributed by atoms with E-state index in [2.05, 4.69) is 18.8 Å². The summed E-state index contributed by atoms with van der Waals surface area (Å²) in [6.45, 7) is 4.17. The zero-order valence-electron chi connectivity index (χ0n) is 12.7. The number of amides is 1. The fourth-order valence-corrected chi connectivity index (χ4v) is 6.99. The highest BCUT2D eigenvalue weighted by atomic mass is 32.2. The lowest BCUT2D eigenvalue weighted by atomic mass is 9.49. The molecule has 1 aliphatic heterocycles. The third kappa shape index (κ3) is 2.00. The van der Waals surface area contributed by atoms with Gasteiger partial charge in [0, 0.05) is 6.42 Å². The SMILES string of the molecule is CCC1(C)SC(CC23CC4CC(CC(C4)C2)C3)=NC1=O. The minimum atomic E-state index is -0.266. The van der Waals surface area contributed by atoms with Crippen LogP contribution >= 0.6 is 11.8 Å². The first-order valence-electron chi connectivity index (χ1n) is 8.31. The van der Waals surface area contributed by atoms with Gasteiger partial charge < -0.3 is 0 Å². The number of thioether (sulfide) groups is 1. The summed E-state index contributed by atoms with van der Waals surface area (Å²) in [5.74, 6) is 3.08. The number of nitrogens with zero attached hydrogens (tertiary/aromatic N) is 1. The predicted octanol–water partition coefficient (Wildman–Crippen LogP) is 4.43. The molecule has 5 rings (SSSR count). The number of hydrogen-bond donors (Lipinski definition) is 0. The molecule has 20 heavy (non-hydrogen) atoms. The zero-order chi connectivity index (χ0) is 14.0. The Balaban J connectivity index is 1.53. The van der Waals surface area contributed by atoms with E-state index in [4.69, 9.17) is 0 Å². The van der Waals surface area contributed by atoms with Crippen LogP contribution in [-0.4, -0.2) is 15.7 Å². The van der Waals surface area contributed by atoms with Crippen molar-refractivity contribution in [2.75, 3.05) is 0 Å². The molecule has 1 amide bonds. The molecule has 5 aliphatic rings. The van der Waals surface area contributed by atoms with Gasteiger partial charge in [-0.1, -0.05) is 18.7 Å². The van der Waals surface area contributed by atoms with Crippen molar-refractivity contribution in [3.05, 3.63) is 0 Å². The summed E-state index contributed by atoms with van der Waals surface area (Å²) in [5.41, 5.74) is 0.514. The maximum absolute atomic E-state index is 12.1. The molecule has 1 heterocycles. The van der Waals surface area contributed by atoms with Crippen molar-refractivity contribution < 1.29 is 4.79 Å². The lowest BCUT2D eigenvalue weighted by Gasteiger charge is -2.57. The van der Waals surface area contributed by atoms with Crippen LogP contribution < -0.4 is 0 Å². The fraction of sp³-hybridized carbons (Fsp3) is 0.882. The van der Waals surface area contributed by atoms with Crippen LogP contribution in [0.5, 0.6) is 0 Å². The Morgan fingerprint density at radius 3 is 2.15 bits per heavy atom. The standard InChI is InChI=1S/C17H25NOS/c1-3-16(2)15(19)18-14(20-16)10-17-7-11-4-12(8-17)6-13(5-11)9-17/h11-13H,3-10H2,1-2H3. The van der Waals surface area contributed by atoms with Crippen LogP contribution in [-0.2, 0) is 4.79 Å². The molecule has 0 aromatic carbocycles. The van der Waals surface area contributed by atoms with Crippen LogP contribution in [0.4, 0.5) is 0 Å². The zero-order valence-corrected chi connectivity index (χ0v) is 13.5. The molecule has 0 N–H and O–H groups in total. The van der Waals surface area contributed by atoms with E-state index < -0.39 is 0 Å². The van der Waals surface area contributed by atoms with Crippen LogP contribution in [0.25, 0.3) is 0 Å². The molecule has 0 aromatic heterocycles. The molecule has 2 nitrogen and oxygen atoms in total. The van der Waals surface area contributed by atoms with Gasteiger partial charge in [-0.2, -0.15) is 0 Å². The molecule has 4 aliphatic carbocycles. The Morgan fingerprint density at radius 2 is 1.70 bits per heavy atom. The summed E-state index contributed by atoms with van der Waals surface area (Å²) in [6.07, 6.45) is 10.7. The van der Waals surface area contributed by atoms with E-state index in [1.807, 2.05) is 0 Å². The number of rotatable bonds is 3. The molecule has 0 spiro atoms. The van der Waals surface area contributed by atoms with Gasteiger partial charge in [-0.15, -0.1) is 0 Å². The van der Waals surface area contributed by atoms with Crippen molar-refractivity contribution in [1.29, 1.82) is 0 Å². The third-order valence-corrected chi connectivity index (χ3v) is 7.77. The van der Waals surface area contributed by atoms with Crippen LogP contribution in [0, 0.1) is 23.2 Å². The molecule has 0 saturated heterocycles. The summed E-state index contributed by atoms with van der Waals surface area (Å²) in [4.78, 5) is 16.5. The second-order valence-electron chi connectivity index (χ2n) is 8.09. The quantitative estimate of drug-likeness (QED) is 0.769. The maximum Gasteiger partial charge on any atom is 0.262 e. The van der Waals surface area contributed by atoms with E-state index in [1.54, 1.807) is 11.8 Å². The first kappa shape index (κ1) is 13.4. The van der Waals surface area contributed by atoms with Gasteiger partial charge in [-0.25, -0.2) is 4.99 Å². The van der Waals surface area contributed by atoms with E-state index in [1.165, 1.54) is 38.5 Å². The highest BCUT2D eigenvalue weighted by Crippen LogP contribution is 2.62. The average molecular weight is 291 g/mol. The number of aliphatic imine (C=N–C) groups is 1. The summed E-state index contributed by atoms with van der Waals surface area (Å²) in [7, 11) is 0. The molecule has 4 fully saturated rings. The van der Waals surface area contributed by atoms with Gasteiger partial charge in [-0.05, 0) is 75.0 Å². The van der Waals surface area contributed by atoms with E-state index in [-0.39, 0.29) is 10.7 Å². The molecule has 110 valence electrons. The fourth-order valence-electron chi connectivity index (χ4n) is 5.68. The highest BCUT2D eigenvalue weighted by Gasteiger charge is 2.52. The first-order valence-corrected chi connectivity index (χ1v) is 9.13. The molecule has 4 saturated carbocycles. The number of hydrogen-bond acceptors (Lipinski definition) is 2. The van der Waals surface area contributed by atoms with Gasteiger partial charge in [0.05, 0.1) is 9.79 Å². The maximum atomic E-state index is 12.1. The molecular formula is C17H25NOS. The van der Waals surface area contributed by atoms with E-state index in [0.717, 1.165) is 35.6 Å². The summed E-state index contributed by atoms with van der Waals surface area (Å²) >= 11 is 1.77. The highest BCUT2D eigenvalue weighted by molar-refractivity contribution is 8.16. The molecule has 4 bridgehead atoms. The van der Waals surface area contributed by atoms with Gasteiger partial charge in [0.25, 0.3) is 5.91 Å². The Morgan fingerprint density at radius 1 is 1.15 bits per heavy atom. The molecule has 1 unspecified atom stereocenters. The van der Waals surface area contributed by atoms with Crippen LogP contribution in [0.15, 0.2) is 4.99 Å². The number of carbonyl (C=O) groups excluding carboxylic acids is 1. The summed E-state index contributed by atoms with van der Waals surface area (Å²) in [6, 6.07) is 0. The van der Waals surface area contributed by atoms with Crippen molar-refractivity contribution in [2.24, 2.45) is 28.2 Å². The molecule has 1 atom stereocenters. The topological polar surface area (TPSA) is 29.4 Å². The van der Waals surface area contributed by atoms with Gasteiger partial charge in [-0.3, -0.25) is 4.79 Å². The van der Waals surface area contributed by atoms with E-state index >= 15 is 0 Å². The Labute approximate surface area is 126 Å². The Bertz CT molecular complexity index is 448. The first-order chi connectivity index (χ1) is 9.50. The monoisotopic (exact) mass is 291 g/mol. The summed E-state index contributed by atoms with van der Waals surface area (Å²) in [5, 5.41) is 1.15. The predicted molar refractivity (Wildman–Crippen MR) is 84.0 cm³/mol. The lowest BCUT2D eigenvalue weighted by Crippen LogP contribution is -2.46. The molecule has 3 heteroatoms. The van der Waals surface area contributed by atoms with Crippen molar-refractivity contribution in [3.8, 4) is 0 Å². The molecular weight excluding hydrogens is 266 g/mol. The van der Waals surface area contributed by atoms with Crippen molar-refractivity contribution >= 4 is 22.7 Å². The summed E-state index contributed by atoms with van der Waals surface area (Å²) < 4.78 is -0.266. The van der Waals surface area contributed by atoms with E-state index in [0.29, 0.717) is 5.41 Å². The van der Waals surface area contributed by atoms with Crippen LogP contribution in [0.2, 0.25) is 0 Å². The normalized spacial score (nSPS) is 49.8. The van der Waals surface area contributed by atoms with Crippen molar-refractivity contribution in [1.82, 2.24) is 0 Å². The molecule has 0 radical (unpaired) electrons. The Hall–Kier alpha value is -0.310. The largest absolute Gasteiger partial charge is 0.271 e. The van der Waals surface area contributed by atoms with Gasteiger partial charge >= 0.3 is 0 Å². The van der Waals surface area contributed by atoms with Crippen molar-refractivity contribution in [3.63, 3.8) is 0 Å². The minimum absolute atomic E-state index is 0.115. The smallest absolute Gasteiger partial charge is 0.262 e. The lowest BCUT2D eigenvalue weighted by molar-refractivity contribution is -0.119. The Kier molecular flexibility index (Phi) is 2.90. The van der Waals surface area contributed by atoms with Gasteiger partial charge in [0.15, 0.2) is 0 Å². The second kappa shape index (κ2) is 4.34.